The Labute approximate surface area is 153 Å². The molecule has 0 radical (unpaired) electrons. The summed E-state index contributed by atoms with van der Waals surface area (Å²) in [6.45, 7) is 1.59. The molecule has 6 heteroatoms. The average Bonchev–Trinajstić information content (AvgIpc) is 3.11. The van der Waals surface area contributed by atoms with Crippen LogP contribution in [0.2, 0.25) is 0 Å². The summed E-state index contributed by atoms with van der Waals surface area (Å²) in [5.41, 5.74) is 0.916. The molecule has 1 aromatic heterocycles. The van der Waals surface area contributed by atoms with Gasteiger partial charge in [-0.3, -0.25) is 0 Å². The summed E-state index contributed by atoms with van der Waals surface area (Å²) < 4.78 is 17.3. The molecule has 5 nitrogen and oxygen atoms in total. The summed E-state index contributed by atoms with van der Waals surface area (Å²) in [7, 11) is 0. The Balaban J connectivity index is 1.53. The lowest BCUT2D eigenvalue weighted by Gasteiger charge is -2.13. The van der Waals surface area contributed by atoms with E-state index in [1.807, 2.05) is 42.5 Å². The summed E-state index contributed by atoms with van der Waals surface area (Å²) in [6, 6.07) is 16.8. The van der Waals surface area contributed by atoms with Gasteiger partial charge in [-0.2, -0.15) is 0 Å². The monoisotopic (exact) mass is 401 g/mol. The zero-order chi connectivity index (χ0) is 17.6. The Morgan fingerprint density at radius 2 is 1.88 bits per heavy atom. The third-order valence-electron chi connectivity index (χ3n) is 3.41. The number of oxazole rings is 1. The van der Waals surface area contributed by atoms with E-state index in [-0.39, 0.29) is 6.61 Å². The minimum Gasteiger partial charge on any atom is -0.479 e. The van der Waals surface area contributed by atoms with Crippen molar-refractivity contribution in [2.45, 2.75) is 19.6 Å². The van der Waals surface area contributed by atoms with Gasteiger partial charge in [0.15, 0.2) is 18.5 Å². The second-order valence-corrected chi connectivity index (χ2v) is 6.22. The second-order valence-electron chi connectivity index (χ2n) is 5.31. The van der Waals surface area contributed by atoms with Crippen LogP contribution in [0.4, 0.5) is 0 Å². The minimum atomic E-state index is -0.732. The Hall–Kier alpha value is -2.60. The van der Waals surface area contributed by atoms with Crippen LogP contribution in [0.5, 0.6) is 5.75 Å². The molecule has 0 N–H and O–H groups in total. The highest BCUT2D eigenvalue weighted by molar-refractivity contribution is 9.10. The van der Waals surface area contributed by atoms with E-state index in [0.29, 0.717) is 17.4 Å². The SMILES string of the molecule is C[C@H](Oc1ccc(Br)cc1)C(=O)OCc1ncc(-c2ccccc2)o1. The molecule has 3 aromatic rings. The van der Waals surface area contributed by atoms with Crippen LogP contribution in [0.3, 0.4) is 0 Å². The molecule has 0 aliphatic heterocycles. The number of rotatable bonds is 6. The van der Waals surface area contributed by atoms with Crippen molar-refractivity contribution in [3.05, 3.63) is 71.2 Å². The van der Waals surface area contributed by atoms with Crippen LogP contribution in [0.25, 0.3) is 11.3 Å². The molecule has 0 unspecified atom stereocenters. The number of hydrogen-bond donors (Lipinski definition) is 0. The number of nitrogens with zero attached hydrogens (tertiary/aromatic N) is 1. The van der Waals surface area contributed by atoms with Gasteiger partial charge in [-0.25, -0.2) is 9.78 Å². The van der Waals surface area contributed by atoms with Crippen LogP contribution >= 0.6 is 15.9 Å². The standard InChI is InChI=1S/C19H16BrNO4/c1-13(24-16-9-7-15(20)8-10-16)19(22)23-12-18-21-11-17(25-18)14-5-3-2-4-6-14/h2-11,13H,12H2,1H3/t13-/m0/s1. The highest BCUT2D eigenvalue weighted by Gasteiger charge is 2.18. The van der Waals surface area contributed by atoms with E-state index in [2.05, 4.69) is 20.9 Å². The predicted octanol–water partition coefficient (Wildman–Crippen LogP) is 4.61. The number of ether oxygens (including phenoxy) is 2. The molecule has 0 bridgehead atoms. The third-order valence-corrected chi connectivity index (χ3v) is 3.94. The van der Waals surface area contributed by atoms with Gasteiger partial charge < -0.3 is 13.9 Å². The summed E-state index contributed by atoms with van der Waals surface area (Å²) >= 11 is 3.35. The van der Waals surface area contributed by atoms with E-state index in [1.54, 1.807) is 25.3 Å². The maximum Gasteiger partial charge on any atom is 0.347 e. The molecule has 0 amide bonds. The van der Waals surface area contributed by atoms with Crippen molar-refractivity contribution >= 4 is 21.9 Å². The maximum absolute atomic E-state index is 12.0. The summed E-state index contributed by atoms with van der Waals surface area (Å²) in [5, 5.41) is 0. The fourth-order valence-corrected chi connectivity index (χ4v) is 2.39. The fourth-order valence-electron chi connectivity index (χ4n) is 2.13. The summed E-state index contributed by atoms with van der Waals surface area (Å²) in [4.78, 5) is 16.2. The quantitative estimate of drug-likeness (QED) is 0.564. The normalized spacial score (nSPS) is 11.8. The van der Waals surface area contributed by atoms with Gasteiger partial charge >= 0.3 is 5.97 Å². The minimum absolute atomic E-state index is 0.0420. The van der Waals surface area contributed by atoms with Crippen LogP contribution in [-0.4, -0.2) is 17.1 Å². The molecule has 1 heterocycles. The molecule has 0 aliphatic rings. The molecular weight excluding hydrogens is 386 g/mol. The van der Waals surface area contributed by atoms with Gasteiger partial charge in [-0.1, -0.05) is 46.3 Å². The topological polar surface area (TPSA) is 61.6 Å². The molecule has 0 saturated carbocycles. The molecule has 25 heavy (non-hydrogen) atoms. The Kier molecular flexibility index (Phi) is 5.50. The second kappa shape index (κ2) is 7.98. The van der Waals surface area contributed by atoms with Gasteiger partial charge in [0, 0.05) is 10.0 Å². The maximum atomic E-state index is 12.0. The van der Waals surface area contributed by atoms with Gasteiger partial charge in [-0.15, -0.1) is 0 Å². The van der Waals surface area contributed by atoms with Crippen molar-refractivity contribution in [1.29, 1.82) is 0 Å². The van der Waals surface area contributed by atoms with Gasteiger partial charge in [0.05, 0.1) is 6.20 Å². The van der Waals surface area contributed by atoms with Gasteiger partial charge in [0.1, 0.15) is 5.75 Å². The summed E-state index contributed by atoms with van der Waals surface area (Å²) in [6.07, 6.45) is 0.880. The first kappa shape index (κ1) is 17.2. The van der Waals surface area contributed by atoms with Crippen molar-refractivity contribution in [2.75, 3.05) is 0 Å². The first-order chi connectivity index (χ1) is 12.1. The lowest BCUT2D eigenvalue weighted by molar-refractivity contribution is -0.153. The first-order valence-electron chi connectivity index (χ1n) is 7.71. The van der Waals surface area contributed by atoms with E-state index < -0.39 is 12.1 Å². The number of aromatic nitrogens is 1. The number of carbonyl (C=O) groups excluding carboxylic acids is 1. The molecule has 0 spiro atoms. The Morgan fingerprint density at radius 3 is 2.60 bits per heavy atom. The predicted molar refractivity (Wildman–Crippen MR) is 96.0 cm³/mol. The van der Waals surface area contributed by atoms with E-state index in [0.717, 1.165) is 10.0 Å². The van der Waals surface area contributed by atoms with Crippen molar-refractivity contribution in [3.63, 3.8) is 0 Å². The molecule has 0 aliphatic carbocycles. The molecule has 128 valence electrons. The highest BCUT2D eigenvalue weighted by atomic mass is 79.9. The molecule has 0 saturated heterocycles. The van der Waals surface area contributed by atoms with E-state index in [4.69, 9.17) is 13.9 Å². The largest absolute Gasteiger partial charge is 0.479 e. The summed E-state index contributed by atoms with van der Waals surface area (Å²) in [5.74, 6) is 1.08. The fraction of sp³-hybridized carbons (Fsp3) is 0.158. The zero-order valence-electron chi connectivity index (χ0n) is 13.5. The van der Waals surface area contributed by atoms with Crippen LogP contribution in [0, 0.1) is 0 Å². The van der Waals surface area contributed by atoms with Crippen LogP contribution in [0.15, 0.2) is 69.7 Å². The highest BCUT2D eigenvalue weighted by Crippen LogP contribution is 2.20. The van der Waals surface area contributed by atoms with Crippen molar-refractivity contribution in [1.82, 2.24) is 4.98 Å². The number of halogens is 1. The van der Waals surface area contributed by atoms with E-state index in [9.17, 15) is 4.79 Å². The van der Waals surface area contributed by atoms with Crippen LogP contribution in [-0.2, 0) is 16.1 Å². The van der Waals surface area contributed by atoms with E-state index >= 15 is 0 Å². The zero-order valence-corrected chi connectivity index (χ0v) is 15.1. The number of hydrogen-bond acceptors (Lipinski definition) is 5. The lowest BCUT2D eigenvalue weighted by atomic mass is 10.2. The van der Waals surface area contributed by atoms with Crippen molar-refractivity contribution < 1.29 is 18.7 Å². The number of carbonyl (C=O) groups is 1. The van der Waals surface area contributed by atoms with Crippen LogP contribution in [0.1, 0.15) is 12.8 Å². The van der Waals surface area contributed by atoms with Crippen molar-refractivity contribution in [3.8, 4) is 17.1 Å². The Morgan fingerprint density at radius 1 is 1.16 bits per heavy atom. The average molecular weight is 402 g/mol. The molecule has 3 rings (SSSR count). The van der Waals surface area contributed by atoms with E-state index in [1.165, 1.54) is 0 Å². The first-order valence-corrected chi connectivity index (χ1v) is 8.50. The smallest absolute Gasteiger partial charge is 0.347 e. The molecule has 1 atom stereocenters. The third kappa shape index (κ3) is 4.70. The van der Waals surface area contributed by atoms with Gasteiger partial charge in [0.25, 0.3) is 0 Å². The van der Waals surface area contributed by atoms with Crippen molar-refractivity contribution in [2.24, 2.45) is 0 Å². The number of benzene rings is 2. The molecule has 0 fully saturated rings. The number of esters is 1. The van der Waals surface area contributed by atoms with Gasteiger partial charge in [0.2, 0.25) is 5.89 Å². The van der Waals surface area contributed by atoms with Crippen LogP contribution < -0.4 is 4.74 Å². The Bertz CT molecular complexity index is 830. The molecular formula is C19H16BrNO4. The van der Waals surface area contributed by atoms with Gasteiger partial charge in [-0.05, 0) is 31.2 Å². The molecule has 2 aromatic carbocycles. The lowest BCUT2D eigenvalue weighted by Crippen LogP contribution is -2.26.